The number of carbonyl (C=O) groups is 1. The predicted molar refractivity (Wildman–Crippen MR) is 203 cm³/mol. The first-order valence-corrected chi connectivity index (χ1v) is 22.1. The first-order chi connectivity index (χ1) is 27.8. The van der Waals surface area contributed by atoms with E-state index >= 15 is 0 Å². The Labute approximate surface area is 345 Å². The van der Waals surface area contributed by atoms with Crippen LogP contribution in [0.3, 0.4) is 0 Å². The maximum Gasteiger partial charge on any atom is 0.401 e. The zero-order valence-electron chi connectivity index (χ0n) is 35.1. The average Bonchev–Trinajstić information content (AvgIpc) is 3.64. The van der Waals surface area contributed by atoms with E-state index in [-0.39, 0.29) is 74.2 Å². The van der Waals surface area contributed by atoms with Crippen LogP contribution in [0.2, 0.25) is 0 Å². The molecule has 0 radical (unpaired) electrons. The number of carbonyl (C=O) groups excluding carboxylic acids is 1. The summed E-state index contributed by atoms with van der Waals surface area (Å²) in [6, 6.07) is 0. The summed E-state index contributed by atoms with van der Waals surface area (Å²) in [6.07, 6.45) is -4.20. The quantitative estimate of drug-likeness (QED) is 0.202. The maximum absolute atomic E-state index is 13.0. The van der Waals surface area contributed by atoms with Gasteiger partial charge in [-0.2, -0.15) is 13.2 Å². The van der Waals surface area contributed by atoms with E-state index < -0.39 is 91.4 Å². The van der Waals surface area contributed by atoms with Gasteiger partial charge in [-0.3, -0.25) is 4.90 Å². The van der Waals surface area contributed by atoms with Crippen LogP contribution in [-0.2, 0) is 38.0 Å². The largest absolute Gasteiger partial charge is 0.458 e. The fourth-order valence-electron chi connectivity index (χ4n) is 13.3. The Morgan fingerprint density at radius 2 is 1.47 bits per heavy atom. The molecule has 4 heterocycles. The zero-order valence-corrected chi connectivity index (χ0v) is 35.1. The highest BCUT2D eigenvalue weighted by molar-refractivity contribution is 5.85. The Morgan fingerprint density at radius 3 is 2.10 bits per heavy atom. The minimum absolute atomic E-state index is 0.0553. The van der Waals surface area contributed by atoms with E-state index in [4.69, 9.17) is 33.2 Å². The molecule has 3 saturated heterocycles. The van der Waals surface area contributed by atoms with Gasteiger partial charge >= 0.3 is 12.1 Å². The van der Waals surface area contributed by atoms with E-state index in [1.54, 1.807) is 19.9 Å². The normalized spacial score (nSPS) is 50.9. The van der Waals surface area contributed by atoms with Crippen LogP contribution in [0, 0.1) is 34.5 Å². The van der Waals surface area contributed by atoms with Crippen molar-refractivity contribution < 1.29 is 71.5 Å². The monoisotopic (exact) mass is 845 g/mol. The molecule has 59 heavy (non-hydrogen) atoms. The Hall–Kier alpha value is -1.44. The molecule has 7 fully saturated rings. The van der Waals surface area contributed by atoms with Crippen LogP contribution < -0.4 is 0 Å². The molecule has 0 amide bonds. The number of aliphatic hydroxyl groups excluding tert-OH is 3. The fourth-order valence-corrected chi connectivity index (χ4v) is 13.3. The molecule has 336 valence electrons. The molecule has 0 aromatic heterocycles. The summed E-state index contributed by atoms with van der Waals surface area (Å²) < 4.78 is 81.5. The molecular formula is C43H66F3NO12. The van der Waals surface area contributed by atoms with Crippen molar-refractivity contribution >= 4 is 5.97 Å². The van der Waals surface area contributed by atoms with Crippen molar-refractivity contribution in [3.63, 3.8) is 0 Å². The number of nitrogens with zero attached hydrogens (tertiary/aromatic N) is 1. The minimum Gasteiger partial charge on any atom is -0.458 e. The SMILES string of the molecule is CC1CN(CC(F)(F)F)CCC(O[C@@H]2[C@H](C)O[C@@H](O[C@@H]3[C@H](C)O[C@@H](O[C@H]4CC[C@@]5(C)C(CCC6C5C[C@H](O)[C@]5(C)[C@@H](C7=CC(=O)OC7)CC[C@]65O)C4)C[C@@H]3O)C[C@@H]2O)O1. The van der Waals surface area contributed by atoms with Crippen molar-refractivity contribution in [3.05, 3.63) is 11.6 Å². The highest BCUT2D eigenvalue weighted by Crippen LogP contribution is 2.70. The Kier molecular flexibility index (Phi) is 12.4. The van der Waals surface area contributed by atoms with E-state index in [1.807, 2.05) is 13.8 Å². The van der Waals surface area contributed by atoms with Gasteiger partial charge in [0, 0.05) is 43.8 Å². The van der Waals surface area contributed by atoms with Crippen molar-refractivity contribution in [2.45, 2.75) is 191 Å². The Bertz CT molecular complexity index is 1530. The molecule has 4 saturated carbocycles. The number of ether oxygens (including phenoxy) is 7. The van der Waals surface area contributed by atoms with Gasteiger partial charge in [0.1, 0.15) is 18.8 Å². The van der Waals surface area contributed by atoms with Gasteiger partial charge in [-0.25, -0.2) is 4.79 Å². The van der Waals surface area contributed by atoms with Gasteiger partial charge in [0.05, 0.1) is 54.9 Å². The molecule has 16 heteroatoms. The summed E-state index contributed by atoms with van der Waals surface area (Å²) in [5.74, 6) is 0.124. The van der Waals surface area contributed by atoms with E-state index in [0.29, 0.717) is 18.8 Å². The molecule has 0 spiro atoms. The molecule has 0 bridgehead atoms. The second kappa shape index (κ2) is 16.6. The van der Waals surface area contributed by atoms with Crippen molar-refractivity contribution in [2.75, 3.05) is 26.2 Å². The smallest absolute Gasteiger partial charge is 0.401 e. The van der Waals surface area contributed by atoms with Gasteiger partial charge in [0.25, 0.3) is 0 Å². The number of cyclic esters (lactones) is 1. The first kappa shape index (κ1) is 44.2. The van der Waals surface area contributed by atoms with E-state index in [9.17, 15) is 38.4 Å². The van der Waals surface area contributed by atoms with E-state index in [1.165, 1.54) is 4.90 Å². The molecule has 13 nitrogen and oxygen atoms in total. The second-order valence-electron chi connectivity index (χ2n) is 19.8. The zero-order chi connectivity index (χ0) is 42.2. The highest BCUT2D eigenvalue weighted by atomic mass is 19.4. The minimum atomic E-state index is -4.31. The number of hydrogen-bond acceptors (Lipinski definition) is 13. The summed E-state index contributed by atoms with van der Waals surface area (Å²) in [4.78, 5) is 13.3. The molecule has 0 aromatic carbocycles. The fraction of sp³-hybridized carbons (Fsp3) is 0.930. The van der Waals surface area contributed by atoms with E-state index in [0.717, 1.165) is 44.1 Å². The van der Waals surface area contributed by atoms with Crippen molar-refractivity contribution in [2.24, 2.45) is 34.5 Å². The number of halogens is 3. The standard InChI is InChI=1S/C43H66F3NO12/c1-22-19-47(21-43(44,45)46)13-10-35(54-22)58-38-23(2)56-37(18-32(38)49)59-39-24(3)55-36(17-31(39)48)57-27-8-11-40(4)26(15-27)6-7-29-30(40)16-33(50)41(5)28(9-12-42(29,41)52)25-14-34(51)53-20-25/h14,22-24,26-33,35-39,48-50,52H,6-13,15-21H2,1-5H3/t22?,23-,24-,26?,27-,28+,29?,30?,31-,32-,33-,35?,36-,37-,38+,39+,40-,41-,42-/m0/s1. The summed E-state index contributed by atoms with van der Waals surface area (Å²) in [6.45, 7) is 9.09. The maximum atomic E-state index is 13.0. The lowest BCUT2D eigenvalue weighted by Gasteiger charge is -2.65. The average molecular weight is 846 g/mol. The topological polar surface area (TPSA) is 166 Å². The van der Waals surface area contributed by atoms with Gasteiger partial charge in [0.15, 0.2) is 18.9 Å². The van der Waals surface area contributed by atoms with Gasteiger partial charge < -0.3 is 53.6 Å². The van der Waals surface area contributed by atoms with Crippen LogP contribution in [-0.4, -0.2) is 143 Å². The summed E-state index contributed by atoms with van der Waals surface area (Å²) >= 11 is 0. The lowest BCUT2D eigenvalue weighted by molar-refractivity contribution is -0.329. The molecule has 4 N–H and O–H groups in total. The molecule has 4 aliphatic heterocycles. The summed E-state index contributed by atoms with van der Waals surface area (Å²) in [5, 5.41) is 46.9. The molecule has 19 atom stereocenters. The van der Waals surface area contributed by atoms with Crippen LogP contribution in [0.15, 0.2) is 11.6 Å². The third-order valence-corrected chi connectivity index (χ3v) is 16.3. The van der Waals surface area contributed by atoms with E-state index in [2.05, 4.69) is 6.92 Å². The van der Waals surface area contributed by atoms with Crippen LogP contribution >= 0.6 is 0 Å². The van der Waals surface area contributed by atoms with Crippen LogP contribution in [0.25, 0.3) is 0 Å². The first-order valence-electron chi connectivity index (χ1n) is 22.1. The van der Waals surface area contributed by atoms with Gasteiger partial charge in [-0.15, -0.1) is 0 Å². The van der Waals surface area contributed by atoms with Crippen molar-refractivity contribution in [1.82, 2.24) is 4.90 Å². The molecule has 5 unspecified atom stereocenters. The number of aliphatic hydroxyl groups is 4. The Morgan fingerprint density at radius 1 is 0.814 bits per heavy atom. The van der Waals surface area contributed by atoms with Gasteiger partial charge in [-0.1, -0.05) is 13.8 Å². The van der Waals surface area contributed by atoms with Crippen molar-refractivity contribution in [1.29, 1.82) is 0 Å². The number of rotatable bonds is 8. The lowest BCUT2D eigenvalue weighted by Crippen LogP contribution is -2.67. The van der Waals surface area contributed by atoms with Crippen molar-refractivity contribution in [3.8, 4) is 0 Å². The van der Waals surface area contributed by atoms with Gasteiger partial charge in [-0.05, 0) is 107 Å². The van der Waals surface area contributed by atoms with Crippen LogP contribution in [0.4, 0.5) is 13.2 Å². The highest BCUT2D eigenvalue weighted by Gasteiger charge is 2.71. The van der Waals surface area contributed by atoms with Crippen LogP contribution in [0.5, 0.6) is 0 Å². The lowest BCUT2D eigenvalue weighted by atomic mass is 9.42. The number of esters is 1. The third-order valence-electron chi connectivity index (χ3n) is 16.3. The van der Waals surface area contributed by atoms with Gasteiger partial charge in [0.2, 0.25) is 0 Å². The molecule has 4 aliphatic carbocycles. The second-order valence-corrected chi connectivity index (χ2v) is 19.8. The molecule has 8 aliphatic rings. The van der Waals surface area contributed by atoms with Crippen LogP contribution in [0.1, 0.15) is 105 Å². The number of alkyl halides is 3. The molecular weight excluding hydrogens is 779 g/mol. The number of fused-ring (bicyclic) bond motifs is 5. The third kappa shape index (κ3) is 8.40. The number of hydrogen-bond donors (Lipinski definition) is 4. The summed E-state index contributed by atoms with van der Waals surface area (Å²) in [5.41, 5.74) is -0.955. The Balaban J connectivity index is 0.819. The summed E-state index contributed by atoms with van der Waals surface area (Å²) in [7, 11) is 0. The predicted octanol–water partition coefficient (Wildman–Crippen LogP) is 4.36. The molecule has 8 rings (SSSR count). The molecule has 0 aromatic rings.